The van der Waals surface area contributed by atoms with E-state index in [1.165, 1.54) is 11.8 Å². The summed E-state index contributed by atoms with van der Waals surface area (Å²) >= 11 is 8.92. The number of hydrogen-bond acceptors (Lipinski definition) is 6. The largest absolute Gasteiger partial charge is 0.323 e. The second kappa shape index (κ2) is 7.99. The van der Waals surface area contributed by atoms with Gasteiger partial charge in [-0.15, -0.1) is 21.5 Å². The maximum atomic E-state index is 12.2. The van der Waals surface area contributed by atoms with Crippen LogP contribution in [0.25, 0.3) is 10.7 Å². The van der Waals surface area contributed by atoms with Crippen molar-refractivity contribution in [2.45, 2.75) is 25.0 Å². The van der Waals surface area contributed by atoms with Gasteiger partial charge >= 0.3 is 0 Å². The molecule has 1 N–H and O–H groups in total. The summed E-state index contributed by atoms with van der Waals surface area (Å²) in [6, 6.07) is 7.61. The molecule has 0 saturated heterocycles. The fraction of sp³-hybridized carbons (Fsp3) is 0.250. The monoisotopic (exact) mass is 393 g/mol. The highest BCUT2D eigenvalue weighted by molar-refractivity contribution is 7.99. The first-order chi connectivity index (χ1) is 12.1. The molecule has 3 rings (SSSR count). The van der Waals surface area contributed by atoms with Gasteiger partial charge in [-0.05, 0) is 37.4 Å². The molecule has 25 heavy (non-hydrogen) atoms. The average Bonchev–Trinajstić information content (AvgIpc) is 3.24. The normalized spacial score (nSPS) is 11.0. The Morgan fingerprint density at radius 1 is 1.36 bits per heavy atom. The Balaban J connectivity index is 1.71. The quantitative estimate of drug-likeness (QED) is 0.497. The summed E-state index contributed by atoms with van der Waals surface area (Å²) in [4.78, 5) is 17.2. The molecule has 0 radical (unpaired) electrons. The number of nitrogens with zero attached hydrogens (tertiary/aromatic N) is 4. The lowest BCUT2D eigenvalue weighted by atomic mass is 10.3. The van der Waals surface area contributed by atoms with Crippen molar-refractivity contribution in [3.63, 3.8) is 0 Å². The lowest BCUT2D eigenvalue weighted by Crippen LogP contribution is -2.15. The predicted octanol–water partition coefficient (Wildman–Crippen LogP) is 4.37. The molecule has 0 atom stereocenters. The third-order valence-corrected chi connectivity index (χ3v) is 5.40. The number of hydrogen-bond donors (Lipinski definition) is 1. The first kappa shape index (κ1) is 17.9. The Bertz CT molecular complexity index is 863. The van der Waals surface area contributed by atoms with E-state index in [2.05, 4.69) is 34.3 Å². The van der Waals surface area contributed by atoms with E-state index in [-0.39, 0.29) is 22.9 Å². The molecule has 0 aliphatic rings. The van der Waals surface area contributed by atoms with Crippen molar-refractivity contribution in [3.8, 4) is 10.7 Å². The van der Waals surface area contributed by atoms with Crippen molar-refractivity contribution in [1.29, 1.82) is 0 Å². The molecule has 0 aliphatic carbocycles. The van der Waals surface area contributed by atoms with E-state index >= 15 is 0 Å². The number of aromatic nitrogens is 4. The molecule has 0 unspecified atom stereocenters. The summed E-state index contributed by atoms with van der Waals surface area (Å²) in [5.74, 6) is 0.861. The van der Waals surface area contributed by atoms with Gasteiger partial charge in [-0.1, -0.05) is 29.4 Å². The highest BCUT2D eigenvalue weighted by Gasteiger charge is 2.18. The first-order valence-corrected chi connectivity index (χ1v) is 9.82. The highest BCUT2D eigenvalue weighted by atomic mass is 35.5. The van der Waals surface area contributed by atoms with Gasteiger partial charge in [0, 0.05) is 12.2 Å². The van der Waals surface area contributed by atoms with Crippen molar-refractivity contribution in [2.75, 3.05) is 11.1 Å². The maximum Gasteiger partial charge on any atom is 0.234 e. The third kappa shape index (κ3) is 4.20. The fourth-order valence-electron chi connectivity index (χ4n) is 2.21. The summed E-state index contributed by atoms with van der Waals surface area (Å²) in [5.41, 5.74) is 0.499. The van der Waals surface area contributed by atoms with Gasteiger partial charge in [0.25, 0.3) is 0 Å². The van der Waals surface area contributed by atoms with Gasteiger partial charge in [0.2, 0.25) is 5.91 Å². The molecule has 0 fully saturated rings. The second-order valence-electron chi connectivity index (χ2n) is 5.43. The Kier molecular flexibility index (Phi) is 5.72. The smallest absolute Gasteiger partial charge is 0.234 e. The molecule has 130 valence electrons. The lowest BCUT2D eigenvalue weighted by molar-refractivity contribution is -0.113. The SMILES string of the molecule is CC(C)n1c(SCC(=O)Nc2cccnc2Cl)nnc1-c1cccs1. The van der Waals surface area contributed by atoms with E-state index in [4.69, 9.17) is 11.6 Å². The number of nitrogens with one attached hydrogen (secondary N) is 1. The lowest BCUT2D eigenvalue weighted by Gasteiger charge is -2.13. The Morgan fingerprint density at radius 3 is 2.88 bits per heavy atom. The van der Waals surface area contributed by atoms with Crippen LogP contribution in [-0.2, 0) is 4.79 Å². The molecular formula is C16H16ClN5OS2. The van der Waals surface area contributed by atoms with Gasteiger partial charge in [0.05, 0.1) is 16.3 Å². The fourth-order valence-corrected chi connectivity index (χ4v) is 3.95. The molecule has 3 aromatic heterocycles. The van der Waals surface area contributed by atoms with Gasteiger partial charge in [-0.3, -0.25) is 9.36 Å². The number of amides is 1. The van der Waals surface area contributed by atoms with Crippen molar-refractivity contribution < 1.29 is 4.79 Å². The summed E-state index contributed by atoms with van der Waals surface area (Å²) in [6.45, 7) is 4.14. The molecule has 3 heterocycles. The summed E-state index contributed by atoms with van der Waals surface area (Å²) in [5, 5.41) is 14.3. The van der Waals surface area contributed by atoms with Crippen molar-refractivity contribution in [2.24, 2.45) is 0 Å². The number of anilines is 1. The minimum atomic E-state index is -0.170. The summed E-state index contributed by atoms with van der Waals surface area (Å²) in [6.07, 6.45) is 1.57. The zero-order chi connectivity index (χ0) is 17.8. The predicted molar refractivity (Wildman–Crippen MR) is 102 cm³/mol. The zero-order valence-electron chi connectivity index (χ0n) is 13.6. The number of pyridine rings is 1. The Morgan fingerprint density at radius 2 is 2.20 bits per heavy atom. The average molecular weight is 394 g/mol. The third-order valence-electron chi connectivity index (χ3n) is 3.29. The number of thioether (sulfide) groups is 1. The van der Waals surface area contributed by atoms with Crippen LogP contribution >= 0.6 is 34.7 Å². The Hall–Kier alpha value is -1.90. The van der Waals surface area contributed by atoms with E-state index in [0.29, 0.717) is 10.8 Å². The van der Waals surface area contributed by atoms with E-state index in [1.54, 1.807) is 29.7 Å². The molecule has 3 aromatic rings. The van der Waals surface area contributed by atoms with Crippen LogP contribution < -0.4 is 5.32 Å². The molecule has 6 nitrogen and oxygen atoms in total. The van der Waals surface area contributed by atoms with Gasteiger partial charge < -0.3 is 5.32 Å². The van der Waals surface area contributed by atoms with Crippen LogP contribution in [0.5, 0.6) is 0 Å². The van der Waals surface area contributed by atoms with Crippen LogP contribution in [0.3, 0.4) is 0 Å². The summed E-state index contributed by atoms with van der Waals surface area (Å²) < 4.78 is 2.04. The van der Waals surface area contributed by atoms with E-state index in [9.17, 15) is 4.79 Å². The Labute approximate surface area is 158 Å². The van der Waals surface area contributed by atoms with Gasteiger partial charge in [0.1, 0.15) is 0 Å². The van der Waals surface area contributed by atoms with E-state index < -0.39 is 0 Å². The van der Waals surface area contributed by atoms with Gasteiger partial charge in [-0.2, -0.15) is 0 Å². The molecule has 0 spiro atoms. The van der Waals surface area contributed by atoms with Gasteiger partial charge in [-0.25, -0.2) is 4.98 Å². The highest BCUT2D eigenvalue weighted by Crippen LogP contribution is 2.30. The molecule has 0 saturated carbocycles. The van der Waals surface area contributed by atoms with Crippen molar-refractivity contribution in [3.05, 3.63) is 41.0 Å². The number of carbonyl (C=O) groups excluding carboxylic acids is 1. The standard InChI is InChI=1S/C16H16ClN5OS2/c1-10(2)22-15(12-6-4-8-24-12)20-21-16(22)25-9-13(23)19-11-5-3-7-18-14(11)17/h3-8,10H,9H2,1-2H3,(H,19,23). The molecular weight excluding hydrogens is 378 g/mol. The topological polar surface area (TPSA) is 72.7 Å². The van der Waals surface area contributed by atoms with Crippen LogP contribution in [0, 0.1) is 0 Å². The van der Waals surface area contributed by atoms with Crippen LogP contribution in [0.2, 0.25) is 5.15 Å². The van der Waals surface area contributed by atoms with Crippen LogP contribution in [0.15, 0.2) is 41.0 Å². The van der Waals surface area contributed by atoms with Crippen LogP contribution in [0.1, 0.15) is 19.9 Å². The molecule has 0 bridgehead atoms. The van der Waals surface area contributed by atoms with E-state index in [0.717, 1.165) is 10.7 Å². The van der Waals surface area contributed by atoms with Crippen molar-refractivity contribution >= 4 is 46.3 Å². The first-order valence-electron chi connectivity index (χ1n) is 7.58. The van der Waals surface area contributed by atoms with Crippen LogP contribution in [0.4, 0.5) is 5.69 Å². The van der Waals surface area contributed by atoms with E-state index in [1.807, 2.05) is 22.1 Å². The minimum Gasteiger partial charge on any atom is -0.323 e. The number of rotatable bonds is 6. The zero-order valence-corrected chi connectivity index (χ0v) is 16.0. The molecule has 0 aromatic carbocycles. The second-order valence-corrected chi connectivity index (χ2v) is 7.67. The minimum absolute atomic E-state index is 0.170. The molecule has 1 amide bonds. The number of halogens is 1. The summed E-state index contributed by atoms with van der Waals surface area (Å²) in [7, 11) is 0. The molecule has 0 aliphatic heterocycles. The number of thiophene rings is 1. The van der Waals surface area contributed by atoms with Crippen molar-refractivity contribution in [1.82, 2.24) is 19.7 Å². The van der Waals surface area contributed by atoms with Crippen LogP contribution in [-0.4, -0.2) is 31.4 Å². The molecule has 9 heteroatoms. The number of carbonyl (C=O) groups is 1. The van der Waals surface area contributed by atoms with Gasteiger partial charge in [0.15, 0.2) is 16.1 Å². The maximum absolute atomic E-state index is 12.2.